The van der Waals surface area contributed by atoms with Crippen LogP contribution < -0.4 is 19.6 Å². The summed E-state index contributed by atoms with van der Waals surface area (Å²) in [4.78, 5) is 26.7. The van der Waals surface area contributed by atoms with E-state index in [1.807, 2.05) is 61.7 Å². The summed E-state index contributed by atoms with van der Waals surface area (Å²) in [5.41, 5.74) is 35.6. The maximum absolute atomic E-state index is 4.70. The predicted octanol–water partition coefficient (Wildman–Crippen LogP) is 24.1. The molecule has 1 N–H and O–H groups in total. The molecule has 586 valence electrons. The highest BCUT2D eigenvalue weighted by Crippen LogP contribution is 2.42. The number of imidazole rings is 4. The van der Waals surface area contributed by atoms with Crippen LogP contribution >= 0.6 is 75.3 Å². The second-order valence-electron chi connectivity index (χ2n) is 28.7. The van der Waals surface area contributed by atoms with Crippen LogP contribution in [0.2, 0.25) is 0 Å². The van der Waals surface area contributed by atoms with E-state index in [2.05, 4.69) is 384 Å². The van der Waals surface area contributed by atoms with Crippen molar-refractivity contribution in [2.45, 2.75) is 96.6 Å². The van der Waals surface area contributed by atoms with Gasteiger partial charge in [0.15, 0.2) is 0 Å². The minimum absolute atomic E-state index is 0.878. The molecule has 0 radical (unpaired) electrons. The molecule has 0 aliphatic carbocycles. The Labute approximate surface area is 711 Å². The van der Waals surface area contributed by atoms with E-state index in [4.69, 9.17) is 5.10 Å². The lowest BCUT2D eigenvalue weighted by molar-refractivity contribution is 0.634. The van der Waals surface area contributed by atoms with Gasteiger partial charge in [-0.1, -0.05) is 48.5 Å². The maximum atomic E-state index is 4.70. The summed E-state index contributed by atoms with van der Waals surface area (Å²) in [5, 5.41) is 16.7. The van der Waals surface area contributed by atoms with Crippen LogP contribution in [-0.4, -0.2) is 101 Å². The number of nitrogens with zero attached hydrogens (tertiary/aromatic N) is 18. The third kappa shape index (κ3) is 17.5. The molecule has 16 aromatic rings. The van der Waals surface area contributed by atoms with Crippen LogP contribution in [0.25, 0.3) is 67.3 Å². The number of H-pyrrole nitrogens is 1. The number of hydrogen-bond donors (Lipinski definition) is 1. The second kappa shape index (κ2) is 35.4. The SMILES string of the molecule is CCn1nc(C)c(-c2ccc(C)c(N(C)c3ccc(-n4ccnc4)c(Br)c3)c2)c1C.Cc1ccc(-c2c(C)n[nH]c2C)cc1N(C)c1ccc(-n2ccnc2)c(Br)c1.Cc1ccc(-c2c(C)nn(C)c2C)cc1N(C)c1ccc(-n2ccnc2)c(Br)c1.Cc1ccc(-c2c(C)nsc2C)cc1N(C)c1ccc(-n2ccnc2)c(Br)c1. The van der Waals surface area contributed by atoms with E-state index in [-0.39, 0.29) is 0 Å². The van der Waals surface area contributed by atoms with Crippen molar-refractivity contribution in [2.24, 2.45) is 7.05 Å². The molecule has 0 amide bonds. The Morgan fingerprint density at radius 2 is 0.687 bits per heavy atom. The molecular weight excluding hydrogens is 1710 g/mol. The number of anilines is 8. The summed E-state index contributed by atoms with van der Waals surface area (Å²) in [6.07, 6.45) is 22.1. The highest BCUT2D eigenvalue weighted by molar-refractivity contribution is 9.11. The first-order valence-electron chi connectivity index (χ1n) is 37.7. The molecule has 8 aromatic heterocycles. The smallest absolute Gasteiger partial charge is 0.0992 e. The standard InChI is InChI=1S/C24H26BrN5.C23H24BrN5.C22H22BrN5.C22H21BrN4S/c1-6-30-18(4)24(17(3)27-30)19-8-7-16(2)23(13-19)28(5)20-9-10-22(21(25)14-20)29-12-11-26-15-29;1-15-6-7-18(23-16(2)26-28(5)17(23)3)12-22(15)27(4)19-8-9-21(20(24)13-19)29-11-10-25-14-29;1-14-5-6-17(22-15(2)25-26-16(22)3)11-21(14)27(4)18-7-8-20(19(23)12-18)28-10-9-24-13-28;1-14-5-6-17(22-15(2)25-28-16(22)3)11-21(14)26(4)18-7-8-20(19(23)12-18)27-10-9-24-13-27/h7-15H,6H2,1-5H3;6-14H,1-5H3;5-13H,1-4H3,(H,25,26);5-13H,1-4H3. The van der Waals surface area contributed by atoms with E-state index in [0.717, 1.165) is 98.4 Å². The van der Waals surface area contributed by atoms with E-state index in [9.17, 15) is 0 Å². The van der Waals surface area contributed by atoms with Crippen LogP contribution in [0.1, 0.15) is 73.9 Å². The lowest BCUT2D eigenvalue weighted by atomic mass is 10.0. The van der Waals surface area contributed by atoms with E-state index >= 15 is 0 Å². The van der Waals surface area contributed by atoms with Crippen LogP contribution in [0.3, 0.4) is 0 Å². The number of aromatic amines is 1. The molecule has 8 aromatic carbocycles. The first-order chi connectivity index (χ1) is 55.2. The first-order valence-corrected chi connectivity index (χ1v) is 41.6. The highest BCUT2D eigenvalue weighted by atomic mass is 79.9. The normalized spacial score (nSPS) is 11.1. The highest BCUT2D eigenvalue weighted by Gasteiger charge is 2.22. The summed E-state index contributed by atoms with van der Waals surface area (Å²) >= 11 is 16.4. The van der Waals surface area contributed by atoms with Gasteiger partial charge in [-0.3, -0.25) is 14.5 Å². The first kappa shape index (κ1) is 82.0. The van der Waals surface area contributed by atoms with Gasteiger partial charge in [0.1, 0.15) is 0 Å². The van der Waals surface area contributed by atoms with Gasteiger partial charge in [0.05, 0.1) is 70.8 Å². The van der Waals surface area contributed by atoms with Gasteiger partial charge in [0, 0.05) is 199 Å². The van der Waals surface area contributed by atoms with Gasteiger partial charge >= 0.3 is 0 Å². The molecule has 115 heavy (non-hydrogen) atoms. The lowest BCUT2D eigenvalue weighted by Crippen LogP contribution is -2.11. The van der Waals surface area contributed by atoms with Crippen LogP contribution in [-0.2, 0) is 13.6 Å². The number of halogens is 4. The second-order valence-corrected chi connectivity index (χ2v) is 33.1. The number of benzene rings is 8. The molecule has 0 spiro atoms. The van der Waals surface area contributed by atoms with Crippen LogP contribution in [0.5, 0.6) is 0 Å². The maximum Gasteiger partial charge on any atom is 0.0992 e. The Bertz CT molecular complexity index is 5890. The average Bonchev–Trinajstić information content (AvgIpc) is 1.67. The summed E-state index contributed by atoms with van der Waals surface area (Å²) in [7, 11) is 10.4. The Balaban J connectivity index is 0.000000134. The van der Waals surface area contributed by atoms with E-state index in [1.165, 1.54) is 106 Å². The Hall–Kier alpha value is -11.0. The topological polar surface area (TPSA) is 161 Å². The summed E-state index contributed by atoms with van der Waals surface area (Å²) in [6, 6.07) is 52.0. The fourth-order valence-electron chi connectivity index (χ4n) is 14.8. The van der Waals surface area contributed by atoms with Crippen molar-refractivity contribution >= 4 is 121 Å². The number of nitrogens with one attached hydrogen (secondary N) is 1. The molecule has 16 rings (SSSR count). The van der Waals surface area contributed by atoms with E-state index in [1.54, 1.807) is 61.6 Å². The Morgan fingerprint density at radius 1 is 0.365 bits per heavy atom. The van der Waals surface area contributed by atoms with Gasteiger partial charge in [-0.15, -0.1) is 0 Å². The molecule has 0 fully saturated rings. The zero-order valence-electron chi connectivity index (χ0n) is 68.0. The Morgan fingerprint density at radius 3 is 0.948 bits per heavy atom. The average molecular weight is 1800 g/mol. The van der Waals surface area contributed by atoms with Gasteiger partial charge in [-0.2, -0.15) is 19.7 Å². The minimum atomic E-state index is 0.878. The summed E-state index contributed by atoms with van der Waals surface area (Å²) < 4.78 is 20.6. The fraction of sp³-hybridized carbons (Fsp3) is 0.209. The molecule has 0 aliphatic rings. The van der Waals surface area contributed by atoms with Gasteiger partial charge in [-0.05, 0) is 307 Å². The number of aromatic nitrogens is 15. The summed E-state index contributed by atoms with van der Waals surface area (Å²) in [6.45, 7) is 28.3. The largest absolute Gasteiger partial charge is 0.344 e. The van der Waals surface area contributed by atoms with Crippen molar-refractivity contribution in [3.63, 3.8) is 0 Å². The molecule has 0 unspecified atom stereocenters. The van der Waals surface area contributed by atoms with Crippen molar-refractivity contribution in [2.75, 3.05) is 47.8 Å². The van der Waals surface area contributed by atoms with Crippen molar-refractivity contribution in [1.82, 2.24) is 72.3 Å². The zero-order valence-corrected chi connectivity index (χ0v) is 75.1. The van der Waals surface area contributed by atoms with Crippen LogP contribution in [0, 0.1) is 83.1 Å². The third-order valence-electron chi connectivity index (χ3n) is 21.2. The molecule has 8 heterocycles. The van der Waals surface area contributed by atoms with Crippen molar-refractivity contribution in [3.8, 4) is 67.3 Å². The molecular formula is C91H93Br4N19S. The zero-order chi connectivity index (χ0) is 81.8. The van der Waals surface area contributed by atoms with Crippen molar-refractivity contribution < 1.29 is 0 Å². The number of hydrogen-bond acceptors (Lipinski definition) is 13. The van der Waals surface area contributed by atoms with E-state index < -0.39 is 0 Å². The third-order valence-corrected chi connectivity index (χ3v) is 24.6. The molecule has 0 saturated heterocycles. The minimum Gasteiger partial charge on any atom is -0.344 e. The quantitative estimate of drug-likeness (QED) is 0.0920. The fourth-order valence-corrected chi connectivity index (χ4v) is 17.8. The van der Waals surface area contributed by atoms with Gasteiger partial charge in [0.25, 0.3) is 0 Å². The monoisotopic (exact) mass is 1800 g/mol. The van der Waals surface area contributed by atoms with Gasteiger partial charge < -0.3 is 37.9 Å². The van der Waals surface area contributed by atoms with Gasteiger partial charge in [-0.25, -0.2) is 19.9 Å². The molecule has 24 heteroatoms. The number of rotatable bonds is 17. The Kier molecular flexibility index (Phi) is 25.2. The molecule has 0 saturated carbocycles. The molecule has 0 bridgehead atoms. The van der Waals surface area contributed by atoms with Crippen LogP contribution in [0.4, 0.5) is 45.5 Å². The van der Waals surface area contributed by atoms with Gasteiger partial charge in [0.2, 0.25) is 0 Å². The molecule has 0 atom stereocenters. The summed E-state index contributed by atoms with van der Waals surface area (Å²) in [5.74, 6) is 0. The van der Waals surface area contributed by atoms with Crippen molar-refractivity contribution in [1.29, 1.82) is 0 Å². The molecule has 19 nitrogen and oxygen atoms in total. The van der Waals surface area contributed by atoms with E-state index in [0.29, 0.717) is 0 Å². The number of aryl methyl sites for hydroxylation is 12. The van der Waals surface area contributed by atoms with Crippen molar-refractivity contribution in [3.05, 3.63) is 305 Å². The lowest BCUT2D eigenvalue weighted by Gasteiger charge is -2.23. The van der Waals surface area contributed by atoms with Crippen LogP contribution in [0.15, 0.2) is 238 Å². The predicted molar refractivity (Wildman–Crippen MR) is 488 cm³/mol. The molecule has 0 aliphatic heterocycles.